The summed E-state index contributed by atoms with van der Waals surface area (Å²) in [5, 5.41) is 8.11. The van der Waals surface area contributed by atoms with Gasteiger partial charge in [0.1, 0.15) is 0 Å². The number of hydrogen-bond donors (Lipinski definition) is 1. The van der Waals surface area contributed by atoms with Gasteiger partial charge < -0.3 is 10.6 Å². The van der Waals surface area contributed by atoms with Crippen LogP contribution in [0.3, 0.4) is 0 Å². The summed E-state index contributed by atoms with van der Waals surface area (Å²) in [4.78, 5) is 13.6. The van der Waals surface area contributed by atoms with E-state index in [1.54, 1.807) is 4.90 Å². The molecular weight excluding hydrogens is 220 g/mol. The van der Waals surface area contributed by atoms with Gasteiger partial charge in [0.05, 0.1) is 0 Å². The van der Waals surface area contributed by atoms with Crippen molar-refractivity contribution < 1.29 is 4.79 Å². The average Bonchev–Trinajstić information content (AvgIpc) is 2.65. The number of nitrogen functional groups attached to an aromatic ring is 1. The summed E-state index contributed by atoms with van der Waals surface area (Å²) in [7, 11) is 0. The van der Waals surface area contributed by atoms with Gasteiger partial charge in [0.15, 0.2) is 0 Å². The predicted molar refractivity (Wildman–Crippen MR) is 57.5 cm³/mol. The number of hydrogen-bond acceptors (Lipinski definition) is 6. The normalized spacial score (nSPS) is 17.0. The Morgan fingerprint density at radius 3 is 2.64 bits per heavy atom. The van der Waals surface area contributed by atoms with Gasteiger partial charge in [0.2, 0.25) is 10.1 Å². The van der Waals surface area contributed by atoms with Crippen molar-refractivity contribution in [2.45, 2.75) is 0 Å². The molecule has 76 valence electrons. The molecule has 1 aliphatic heterocycles. The van der Waals surface area contributed by atoms with Gasteiger partial charge in [-0.3, -0.25) is 4.79 Å². The first-order valence-corrected chi connectivity index (χ1v) is 6.20. The highest BCUT2D eigenvalue weighted by Gasteiger charge is 2.21. The summed E-state index contributed by atoms with van der Waals surface area (Å²) in [6.45, 7) is 1.59. The SMILES string of the molecule is Nc1nnc(C(=O)N2CCSCC2)s1. The molecule has 7 heteroatoms. The van der Waals surface area contributed by atoms with Crippen molar-refractivity contribution in [3.05, 3.63) is 5.01 Å². The Hall–Kier alpha value is -0.820. The zero-order chi connectivity index (χ0) is 9.97. The second-order valence-electron chi connectivity index (χ2n) is 2.85. The van der Waals surface area contributed by atoms with E-state index < -0.39 is 0 Å². The van der Waals surface area contributed by atoms with Crippen LogP contribution in [0.5, 0.6) is 0 Å². The topological polar surface area (TPSA) is 72.1 Å². The van der Waals surface area contributed by atoms with Crippen molar-refractivity contribution in [3.63, 3.8) is 0 Å². The van der Waals surface area contributed by atoms with Crippen LogP contribution in [0.15, 0.2) is 0 Å². The second kappa shape index (κ2) is 4.14. The van der Waals surface area contributed by atoms with E-state index in [0.717, 1.165) is 35.9 Å². The Bertz CT molecular complexity index is 334. The molecule has 2 rings (SSSR count). The van der Waals surface area contributed by atoms with Crippen LogP contribution in [0, 0.1) is 0 Å². The number of rotatable bonds is 1. The molecule has 14 heavy (non-hydrogen) atoms. The first kappa shape index (κ1) is 9.72. The third-order valence-corrected chi connectivity index (χ3v) is 3.60. The molecule has 0 unspecified atom stereocenters. The van der Waals surface area contributed by atoms with Crippen molar-refractivity contribution in [1.29, 1.82) is 0 Å². The van der Waals surface area contributed by atoms with Crippen LogP contribution in [-0.4, -0.2) is 45.6 Å². The number of aromatic nitrogens is 2. The Morgan fingerprint density at radius 2 is 2.07 bits per heavy atom. The molecule has 2 heterocycles. The molecule has 1 fully saturated rings. The van der Waals surface area contributed by atoms with Crippen LogP contribution >= 0.6 is 23.1 Å². The maximum atomic E-state index is 11.8. The van der Waals surface area contributed by atoms with Crippen LogP contribution in [0.1, 0.15) is 9.80 Å². The molecule has 0 aliphatic carbocycles. The van der Waals surface area contributed by atoms with E-state index in [2.05, 4.69) is 10.2 Å². The lowest BCUT2D eigenvalue weighted by molar-refractivity contribution is 0.0771. The molecule has 0 spiro atoms. The summed E-state index contributed by atoms with van der Waals surface area (Å²) in [6, 6.07) is 0. The third-order valence-electron chi connectivity index (χ3n) is 1.92. The zero-order valence-corrected chi connectivity index (χ0v) is 9.11. The molecule has 1 aliphatic rings. The average molecular weight is 230 g/mol. The van der Waals surface area contributed by atoms with Crippen molar-refractivity contribution in [1.82, 2.24) is 15.1 Å². The molecule has 5 nitrogen and oxygen atoms in total. The molecular formula is C7H10N4OS2. The van der Waals surface area contributed by atoms with E-state index >= 15 is 0 Å². The smallest absolute Gasteiger partial charge is 0.284 e. The van der Waals surface area contributed by atoms with E-state index in [9.17, 15) is 4.79 Å². The first-order valence-electron chi connectivity index (χ1n) is 4.23. The quantitative estimate of drug-likeness (QED) is 0.751. The lowest BCUT2D eigenvalue weighted by atomic mass is 10.4. The van der Waals surface area contributed by atoms with Gasteiger partial charge in [-0.2, -0.15) is 11.8 Å². The van der Waals surface area contributed by atoms with Gasteiger partial charge in [0, 0.05) is 24.6 Å². The van der Waals surface area contributed by atoms with Crippen molar-refractivity contribution >= 4 is 34.1 Å². The minimum atomic E-state index is -0.0421. The van der Waals surface area contributed by atoms with Gasteiger partial charge in [-0.1, -0.05) is 11.3 Å². The third kappa shape index (κ3) is 1.98. The highest BCUT2D eigenvalue weighted by Crippen LogP contribution is 2.16. The van der Waals surface area contributed by atoms with E-state index in [-0.39, 0.29) is 5.91 Å². The fourth-order valence-corrected chi connectivity index (χ4v) is 2.70. The summed E-state index contributed by atoms with van der Waals surface area (Å²) < 4.78 is 0. The minimum absolute atomic E-state index is 0.0421. The van der Waals surface area contributed by atoms with E-state index in [1.165, 1.54) is 0 Å². The molecule has 0 bridgehead atoms. The number of carbonyl (C=O) groups is 1. The molecule has 1 saturated heterocycles. The van der Waals surface area contributed by atoms with Gasteiger partial charge in [-0.25, -0.2) is 0 Å². The number of thioether (sulfide) groups is 1. The Kier molecular flexibility index (Phi) is 2.87. The van der Waals surface area contributed by atoms with Crippen molar-refractivity contribution in [2.75, 3.05) is 30.3 Å². The first-order chi connectivity index (χ1) is 6.77. The maximum Gasteiger partial charge on any atom is 0.284 e. The van der Waals surface area contributed by atoms with Crippen LogP contribution in [0.2, 0.25) is 0 Å². The predicted octanol–water partition coefficient (Wildman–Crippen LogP) is 0.309. The molecule has 0 radical (unpaired) electrons. The highest BCUT2D eigenvalue weighted by molar-refractivity contribution is 7.99. The summed E-state index contributed by atoms with van der Waals surface area (Å²) >= 11 is 3.01. The fourth-order valence-electron chi connectivity index (χ4n) is 1.22. The summed E-state index contributed by atoms with van der Waals surface area (Å²) in [5.41, 5.74) is 5.42. The van der Waals surface area contributed by atoms with E-state index in [4.69, 9.17) is 5.73 Å². The summed E-state index contributed by atoms with van der Waals surface area (Å²) in [5.74, 6) is 1.96. The van der Waals surface area contributed by atoms with E-state index in [1.807, 2.05) is 11.8 Å². The van der Waals surface area contributed by atoms with Gasteiger partial charge in [0.25, 0.3) is 5.91 Å². The maximum absolute atomic E-state index is 11.8. The number of amides is 1. The molecule has 1 amide bonds. The highest BCUT2D eigenvalue weighted by atomic mass is 32.2. The number of carbonyl (C=O) groups excluding carboxylic acids is 1. The standard InChI is InChI=1S/C7H10N4OS2/c8-7-10-9-5(14-7)6(12)11-1-3-13-4-2-11/h1-4H2,(H2,8,10). The largest absolute Gasteiger partial charge is 0.374 e. The van der Waals surface area contributed by atoms with Crippen LogP contribution in [0.25, 0.3) is 0 Å². The van der Waals surface area contributed by atoms with Crippen molar-refractivity contribution in [2.24, 2.45) is 0 Å². The Labute approximate surface area is 89.7 Å². The molecule has 2 N–H and O–H groups in total. The number of nitrogens with two attached hydrogens (primary N) is 1. The van der Waals surface area contributed by atoms with Crippen molar-refractivity contribution in [3.8, 4) is 0 Å². The van der Waals surface area contributed by atoms with Crippen LogP contribution in [0.4, 0.5) is 5.13 Å². The van der Waals surface area contributed by atoms with Crippen LogP contribution in [-0.2, 0) is 0 Å². The summed E-state index contributed by atoms with van der Waals surface area (Å²) in [6.07, 6.45) is 0. The fraction of sp³-hybridized carbons (Fsp3) is 0.571. The molecule has 0 aromatic carbocycles. The lowest BCUT2D eigenvalue weighted by Crippen LogP contribution is -2.37. The minimum Gasteiger partial charge on any atom is -0.374 e. The number of nitrogens with zero attached hydrogens (tertiary/aromatic N) is 3. The second-order valence-corrected chi connectivity index (χ2v) is 5.08. The van der Waals surface area contributed by atoms with Gasteiger partial charge >= 0.3 is 0 Å². The van der Waals surface area contributed by atoms with Gasteiger partial charge in [-0.05, 0) is 0 Å². The number of anilines is 1. The molecule has 1 aromatic heterocycles. The monoisotopic (exact) mass is 230 g/mol. The van der Waals surface area contributed by atoms with Crippen LogP contribution < -0.4 is 5.73 Å². The Morgan fingerprint density at radius 1 is 1.36 bits per heavy atom. The lowest BCUT2D eigenvalue weighted by Gasteiger charge is -2.25. The van der Waals surface area contributed by atoms with E-state index in [0.29, 0.717) is 10.1 Å². The molecule has 1 aromatic rings. The van der Waals surface area contributed by atoms with Gasteiger partial charge in [-0.15, -0.1) is 10.2 Å². The molecule has 0 atom stereocenters. The Balaban J connectivity index is 2.07. The molecule has 0 saturated carbocycles. The zero-order valence-electron chi connectivity index (χ0n) is 7.47.